The Kier molecular flexibility index (Phi) is 4.11. The first-order valence-corrected chi connectivity index (χ1v) is 6.04. The van der Waals surface area contributed by atoms with E-state index in [0.29, 0.717) is 11.6 Å². The normalized spacial score (nSPS) is 12.0. The smallest absolute Gasteiger partial charge is 0.307 e. The molecule has 1 N–H and O–H groups in total. The predicted molar refractivity (Wildman–Crippen MR) is 71.5 cm³/mol. The molecule has 0 aromatic heterocycles. The molecule has 21 heavy (non-hydrogen) atoms. The molecular formula is C14H11F3N2O2. The van der Waals surface area contributed by atoms with Crippen LogP contribution >= 0.6 is 0 Å². The van der Waals surface area contributed by atoms with E-state index in [1.807, 2.05) is 0 Å². The zero-order valence-electron chi connectivity index (χ0n) is 10.9. The summed E-state index contributed by atoms with van der Waals surface area (Å²) in [6.07, 6.45) is 0. The van der Waals surface area contributed by atoms with Crippen molar-refractivity contribution in [1.29, 1.82) is 0 Å². The maximum absolute atomic E-state index is 13.6. The van der Waals surface area contributed by atoms with Crippen LogP contribution in [-0.4, -0.2) is 4.92 Å². The first-order chi connectivity index (χ1) is 9.88. The third-order valence-electron chi connectivity index (χ3n) is 2.98. The monoisotopic (exact) mass is 296 g/mol. The van der Waals surface area contributed by atoms with E-state index >= 15 is 0 Å². The molecule has 0 aliphatic heterocycles. The standard InChI is InChI=1S/C14H11F3N2O2/c1-8(9-2-4-10(15)5-3-9)18-13-7-14(19(20)21)12(17)6-11(13)16/h2-8,18H,1H3. The minimum atomic E-state index is -1.24. The second-order valence-electron chi connectivity index (χ2n) is 4.46. The fourth-order valence-corrected chi connectivity index (χ4v) is 1.86. The molecule has 2 aromatic rings. The van der Waals surface area contributed by atoms with E-state index in [1.54, 1.807) is 6.92 Å². The van der Waals surface area contributed by atoms with Gasteiger partial charge in [-0.15, -0.1) is 0 Å². The van der Waals surface area contributed by atoms with E-state index in [2.05, 4.69) is 5.32 Å². The molecule has 0 aliphatic rings. The minimum Gasteiger partial charge on any atom is -0.376 e. The number of nitrogens with one attached hydrogen (secondary N) is 1. The van der Waals surface area contributed by atoms with Crippen molar-refractivity contribution in [3.05, 3.63) is 69.5 Å². The Morgan fingerprint density at radius 2 is 1.71 bits per heavy atom. The number of nitro benzene ring substituents is 1. The Morgan fingerprint density at radius 1 is 1.10 bits per heavy atom. The molecule has 0 amide bonds. The summed E-state index contributed by atoms with van der Waals surface area (Å²) in [5.74, 6) is -2.58. The van der Waals surface area contributed by atoms with Gasteiger partial charge < -0.3 is 5.32 Å². The molecule has 0 bridgehead atoms. The molecule has 1 unspecified atom stereocenters. The van der Waals surface area contributed by atoms with Gasteiger partial charge in [0.05, 0.1) is 10.6 Å². The van der Waals surface area contributed by atoms with E-state index in [4.69, 9.17) is 0 Å². The van der Waals surface area contributed by atoms with Gasteiger partial charge in [-0.05, 0) is 24.6 Å². The zero-order chi connectivity index (χ0) is 15.6. The minimum absolute atomic E-state index is 0.195. The first-order valence-electron chi connectivity index (χ1n) is 6.04. The number of nitrogens with zero attached hydrogens (tertiary/aromatic N) is 1. The highest BCUT2D eigenvalue weighted by molar-refractivity contribution is 5.54. The Balaban J connectivity index is 2.28. The summed E-state index contributed by atoms with van der Waals surface area (Å²) in [7, 11) is 0. The molecule has 0 heterocycles. The maximum atomic E-state index is 13.6. The maximum Gasteiger partial charge on any atom is 0.307 e. The molecule has 110 valence electrons. The lowest BCUT2D eigenvalue weighted by molar-refractivity contribution is -0.387. The lowest BCUT2D eigenvalue weighted by Gasteiger charge is -2.16. The van der Waals surface area contributed by atoms with Gasteiger partial charge in [-0.25, -0.2) is 8.78 Å². The highest BCUT2D eigenvalue weighted by atomic mass is 19.1. The van der Waals surface area contributed by atoms with E-state index in [0.717, 1.165) is 6.07 Å². The fourth-order valence-electron chi connectivity index (χ4n) is 1.86. The lowest BCUT2D eigenvalue weighted by Crippen LogP contribution is -2.09. The average Bonchev–Trinajstić information content (AvgIpc) is 2.42. The van der Waals surface area contributed by atoms with Crippen LogP contribution in [0.1, 0.15) is 18.5 Å². The number of rotatable bonds is 4. The van der Waals surface area contributed by atoms with Crippen LogP contribution in [0.5, 0.6) is 0 Å². The Labute approximate surface area is 118 Å². The molecule has 2 rings (SSSR count). The lowest BCUT2D eigenvalue weighted by atomic mass is 10.1. The SMILES string of the molecule is CC(Nc1cc([N+](=O)[O-])c(F)cc1F)c1ccc(F)cc1. The van der Waals surface area contributed by atoms with Crippen LogP contribution in [-0.2, 0) is 0 Å². The van der Waals surface area contributed by atoms with Gasteiger partial charge in [0.1, 0.15) is 11.6 Å². The number of nitro groups is 1. The largest absolute Gasteiger partial charge is 0.376 e. The summed E-state index contributed by atoms with van der Waals surface area (Å²) >= 11 is 0. The molecule has 0 saturated carbocycles. The summed E-state index contributed by atoms with van der Waals surface area (Å²) in [4.78, 5) is 9.72. The summed E-state index contributed by atoms with van der Waals surface area (Å²) in [5, 5.41) is 13.4. The van der Waals surface area contributed by atoms with E-state index < -0.39 is 34.1 Å². The van der Waals surface area contributed by atoms with Crippen LogP contribution in [0, 0.1) is 27.6 Å². The molecule has 0 saturated heterocycles. The highest BCUT2D eigenvalue weighted by Gasteiger charge is 2.19. The van der Waals surface area contributed by atoms with E-state index in [9.17, 15) is 23.3 Å². The topological polar surface area (TPSA) is 55.2 Å². The van der Waals surface area contributed by atoms with Gasteiger partial charge in [0, 0.05) is 18.2 Å². The van der Waals surface area contributed by atoms with Crippen molar-refractivity contribution in [3.8, 4) is 0 Å². The molecular weight excluding hydrogens is 285 g/mol. The van der Waals surface area contributed by atoms with Crippen molar-refractivity contribution in [3.63, 3.8) is 0 Å². The first kappa shape index (κ1) is 14.8. The van der Waals surface area contributed by atoms with Crippen molar-refractivity contribution >= 4 is 11.4 Å². The van der Waals surface area contributed by atoms with Crippen LogP contribution < -0.4 is 5.32 Å². The third-order valence-corrected chi connectivity index (χ3v) is 2.98. The Morgan fingerprint density at radius 3 is 2.29 bits per heavy atom. The van der Waals surface area contributed by atoms with Gasteiger partial charge in [0.25, 0.3) is 0 Å². The molecule has 0 radical (unpaired) electrons. The van der Waals surface area contributed by atoms with Gasteiger partial charge in [-0.3, -0.25) is 10.1 Å². The number of hydrogen-bond acceptors (Lipinski definition) is 3. The molecule has 1 atom stereocenters. The van der Waals surface area contributed by atoms with Gasteiger partial charge in [-0.2, -0.15) is 4.39 Å². The number of benzene rings is 2. The summed E-state index contributed by atoms with van der Waals surface area (Å²) in [5.41, 5.74) is -0.354. The Hall–Kier alpha value is -2.57. The van der Waals surface area contributed by atoms with Gasteiger partial charge >= 0.3 is 5.69 Å². The van der Waals surface area contributed by atoms with Crippen molar-refractivity contribution in [2.24, 2.45) is 0 Å². The van der Waals surface area contributed by atoms with Crippen LogP contribution in [0.2, 0.25) is 0 Å². The summed E-state index contributed by atoms with van der Waals surface area (Å²) in [6, 6.07) is 6.31. The molecule has 2 aromatic carbocycles. The van der Waals surface area contributed by atoms with Gasteiger partial charge in [0.2, 0.25) is 5.82 Å². The van der Waals surface area contributed by atoms with Gasteiger partial charge in [0.15, 0.2) is 0 Å². The number of halogens is 3. The molecule has 4 nitrogen and oxygen atoms in total. The molecule has 0 fully saturated rings. The second kappa shape index (κ2) is 5.82. The van der Waals surface area contributed by atoms with Crippen molar-refractivity contribution in [2.45, 2.75) is 13.0 Å². The van der Waals surface area contributed by atoms with Crippen molar-refractivity contribution in [2.75, 3.05) is 5.32 Å². The predicted octanol–water partition coefficient (Wildman–Crippen LogP) is 4.19. The number of hydrogen-bond donors (Lipinski definition) is 1. The average molecular weight is 296 g/mol. The van der Waals surface area contributed by atoms with Crippen LogP contribution in [0.25, 0.3) is 0 Å². The van der Waals surface area contributed by atoms with E-state index in [1.165, 1.54) is 24.3 Å². The molecule has 0 aliphatic carbocycles. The fraction of sp³-hybridized carbons (Fsp3) is 0.143. The summed E-state index contributed by atoms with van der Waals surface area (Å²) in [6.45, 7) is 1.67. The Bertz CT molecular complexity index is 675. The van der Waals surface area contributed by atoms with Crippen LogP contribution in [0.15, 0.2) is 36.4 Å². The quantitative estimate of drug-likeness (QED) is 0.680. The van der Waals surface area contributed by atoms with Gasteiger partial charge in [-0.1, -0.05) is 12.1 Å². The third kappa shape index (κ3) is 3.31. The van der Waals surface area contributed by atoms with E-state index in [-0.39, 0.29) is 5.69 Å². The summed E-state index contributed by atoms with van der Waals surface area (Å²) < 4.78 is 39.7. The van der Waals surface area contributed by atoms with Crippen molar-refractivity contribution < 1.29 is 18.1 Å². The number of anilines is 1. The molecule has 0 spiro atoms. The molecule has 7 heteroatoms. The van der Waals surface area contributed by atoms with Crippen LogP contribution in [0.4, 0.5) is 24.5 Å². The zero-order valence-corrected chi connectivity index (χ0v) is 10.9. The van der Waals surface area contributed by atoms with Crippen LogP contribution in [0.3, 0.4) is 0 Å². The highest BCUT2D eigenvalue weighted by Crippen LogP contribution is 2.28. The second-order valence-corrected chi connectivity index (χ2v) is 4.46. The van der Waals surface area contributed by atoms with Crippen molar-refractivity contribution in [1.82, 2.24) is 0 Å².